The molecule has 1 fully saturated rings. The number of amides is 2. The topological polar surface area (TPSA) is 91.0 Å². The molecule has 1 saturated heterocycles. The molecule has 1 aliphatic rings. The molecule has 132 valence electrons. The lowest BCUT2D eigenvalue weighted by Gasteiger charge is -2.16. The number of carbonyl (C=O) groups excluding carboxylic acids is 2. The summed E-state index contributed by atoms with van der Waals surface area (Å²) in [4.78, 5) is 30.9. The van der Waals surface area contributed by atoms with Crippen LogP contribution in [0.4, 0.5) is 11.5 Å². The number of aromatic nitrogens is 3. The van der Waals surface area contributed by atoms with Crippen LogP contribution in [0.15, 0.2) is 36.4 Å². The van der Waals surface area contributed by atoms with Gasteiger partial charge in [-0.3, -0.25) is 14.7 Å². The molecule has 8 heteroatoms. The van der Waals surface area contributed by atoms with Crippen molar-refractivity contribution in [1.82, 2.24) is 15.2 Å². The second kappa shape index (κ2) is 6.42. The molecule has 2 aromatic heterocycles. The van der Waals surface area contributed by atoms with Gasteiger partial charge in [0.2, 0.25) is 11.8 Å². The lowest BCUT2D eigenvalue weighted by Crippen LogP contribution is -2.28. The van der Waals surface area contributed by atoms with Crippen LogP contribution in [0.25, 0.3) is 11.0 Å². The molecule has 7 nitrogen and oxygen atoms in total. The maximum absolute atomic E-state index is 12.6. The SMILES string of the molecule is Cc1ccc2c(NC(=O)C3CC(=O)N(c4ccc(Cl)cc4)C3)n[nH]c2n1. The Hall–Kier alpha value is -2.93. The third kappa shape index (κ3) is 3.01. The minimum atomic E-state index is -0.441. The van der Waals surface area contributed by atoms with Gasteiger partial charge in [-0.2, -0.15) is 5.10 Å². The van der Waals surface area contributed by atoms with Gasteiger partial charge in [0.25, 0.3) is 0 Å². The van der Waals surface area contributed by atoms with E-state index in [9.17, 15) is 9.59 Å². The fraction of sp³-hybridized carbons (Fsp3) is 0.222. The van der Waals surface area contributed by atoms with Crippen LogP contribution in [0.1, 0.15) is 12.1 Å². The number of halogens is 1. The normalized spacial score (nSPS) is 17.1. The summed E-state index contributed by atoms with van der Waals surface area (Å²) in [7, 11) is 0. The minimum Gasteiger partial charge on any atom is -0.312 e. The van der Waals surface area contributed by atoms with Gasteiger partial charge in [0.15, 0.2) is 11.5 Å². The fourth-order valence-corrected chi connectivity index (χ4v) is 3.20. The Balaban J connectivity index is 1.50. The number of fused-ring (bicyclic) bond motifs is 1. The van der Waals surface area contributed by atoms with Crippen LogP contribution in [0, 0.1) is 12.8 Å². The van der Waals surface area contributed by atoms with E-state index in [0.29, 0.717) is 23.0 Å². The van der Waals surface area contributed by atoms with Crippen LogP contribution in [-0.2, 0) is 9.59 Å². The number of anilines is 2. The predicted octanol–water partition coefficient (Wildman–Crippen LogP) is 2.91. The molecule has 1 aliphatic heterocycles. The molecule has 0 bridgehead atoms. The van der Waals surface area contributed by atoms with Crippen molar-refractivity contribution in [3.63, 3.8) is 0 Å². The van der Waals surface area contributed by atoms with Gasteiger partial charge in [-0.1, -0.05) is 11.6 Å². The first kappa shape index (κ1) is 16.5. The van der Waals surface area contributed by atoms with Gasteiger partial charge in [-0.15, -0.1) is 0 Å². The van der Waals surface area contributed by atoms with Crippen molar-refractivity contribution in [2.45, 2.75) is 13.3 Å². The number of nitrogens with zero attached hydrogens (tertiary/aromatic N) is 3. The van der Waals surface area contributed by atoms with Gasteiger partial charge >= 0.3 is 0 Å². The van der Waals surface area contributed by atoms with Crippen LogP contribution in [0.5, 0.6) is 0 Å². The third-order valence-electron chi connectivity index (χ3n) is 4.44. The molecule has 1 unspecified atom stereocenters. The van der Waals surface area contributed by atoms with Crippen molar-refractivity contribution in [2.24, 2.45) is 5.92 Å². The second-order valence-corrected chi connectivity index (χ2v) is 6.73. The number of rotatable bonds is 3. The minimum absolute atomic E-state index is 0.0864. The Morgan fingerprint density at radius 1 is 1.27 bits per heavy atom. The summed E-state index contributed by atoms with van der Waals surface area (Å²) >= 11 is 5.89. The van der Waals surface area contributed by atoms with Crippen LogP contribution in [0.3, 0.4) is 0 Å². The van der Waals surface area contributed by atoms with Crippen LogP contribution in [-0.4, -0.2) is 33.5 Å². The standard InChI is InChI=1S/C18H16ClN5O2/c1-10-2-7-14-16(20-10)22-23-17(14)21-18(26)11-8-15(25)24(9-11)13-5-3-12(19)4-6-13/h2-7,11H,8-9H2,1H3,(H2,20,21,22,23,26). The highest BCUT2D eigenvalue weighted by Crippen LogP contribution is 2.27. The predicted molar refractivity (Wildman–Crippen MR) is 99.2 cm³/mol. The molecule has 0 spiro atoms. The van der Waals surface area contributed by atoms with Crippen molar-refractivity contribution < 1.29 is 9.59 Å². The van der Waals surface area contributed by atoms with Crippen molar-refractivity contribution in [1.29, 1.82) is 0 Å². The van der Waals surface area contributed by atoms with Crippen molar-refractivity contribution in [3.05, 3.63) is 47.1 Å². The smallest absolute Gasteiger partial charge is 0.231 e. The molecule has 0 aliphatic carbocycles. The molecule has 4 rings (SSSR count). The lowest BCUT2D eigenvalue weighted by molar-refractivity contribution is -0.122. The summed E-state index contributed by atoms with van der Waals surface area (Å²) in [5, 5.41) is 11.1. The highest BCUT2D eigenvalue weighted by Gasteiger charge is 2.35. The number of pyridine rings is 1. The average Bonchev–Trinajstić information content (AvgIpc) is 3.19. The van der Waals surface area contributed by atoms with Crippen LogP contribution >= 0.6 is 11.6 Å². The first-order chi connectivity index (χ1) is 12.5. The Morgan fingerprint density at radius 3 is 2.81 bits per heavy atom. The van der Waals surface area contributed by atoms with Gasteiger partial charge < -0.3 is 10.2 Å². The Kier molecular flexibility index (Phi) is 4.08. The summed E-state index contributed by atoms with van der Waals surface area (Å²) < 4.78 is 0. The zero-order valence-corrected chi connectivity index (χ0v) is 14.7. The zero-order valence-electron chi connectivity index (χ0n) is 14.0. The third-order valence-corrected chi connectivity index (χ3v) is 4.69. The first-order valence-electron chi connectivity index (χ1n) is 8.20. The maximum atomic E-state index is 12.6. The summed E-state index contributed by atoms with van der Waals surface area (Å²) in [5.74, 6) is -0.335. The van der Waals surface area contributed by atoms with E-state index in [2.05, 4.69) is 20.5 Å². The summed E-state index contributed by atoms with van der Waals surface area (Å²) in [6.45, 7) is 2.21. The van der Waals surface area contributed by atoms with E-state index in [4.69, 9.17) is 11.6 Å². The van der Waals surface area contributed by atoms with E-state index in [1.165, 1.54) is 0 Å². The van der Waals surface area contributed by atoms with E-state index in [0.717, 1.165) is 16.8 Å². The number of aromatic amines is 1. The molecule has 3 heterocycles. The Labute approximate surface area is 154 Å². The van der Waals surface area contributed by atoms with Crippen LogP contribution in [0.2, 0.25) is 5.02 Å². The highest BCUT2D eigenvalue weighted by molar-refractivity contribution is 6.30. The Bertz CT molecular complexity index is 998. The van der Waals surface area contributed by atoms with E-state index in [1.807, 2.05) is 19.1 Å². The monoisotopic (exact) mass is 369 g/mol. The van der Waals surface area contributed by atoms with E-state index in [-0.39, 0.29) is 18.2 Å². The quantitative estimate of drug-likeness (QED) is 0.742. The van der Waals surface area contributed by atoms with E-state index in [1.54, 1.807) is 29.2 Å². The summed E-state index contributed by atoms with van der Waals surface area (Å²) in [6.07, 6.45) is 0.161. The average molecular weight is 370 g/mol. The highest BCUT2D eigenvalue weighted by atomic mass is 35.5. The molecular formula is C18H16ClN5O2. The molecular weight excluding hydrogens is 354 g/mol. The number of benzene rings is 1. The largest absolute Gasteiger partial charge is 0.312 e. The van der Waals surface area contributed by atoms with Gasteiger partial charge in [-0.05, 0) is 43.3 Å². The lowest BCUT2D eigenvalue weighted by atomic mass is 10.1. The maximum Gasteiger partial charge on any atom is 0.231 e. The van der Waals surface area contributed by atoms with Crippen molar-refractivity contribution in [3.8, 4) is 0 Å². The number of hydrogen-bond donors (Lipinski definition) is 2. The van der Waals surface area contributed by atoms with Crippen LogP contribution < -0.4 is 10.2 Å². The molecule has 3 aromatic rings. The summed E-state index contributed by atoms with van der Waals surface area (Å²) in [6, 6.07) is 10.7. The van der Waals surface area contributed by atoms with Gasteiger partial charge in [0.1, 0.15) is 0 Å². The summed E-state index contributed by atoms with van der Waals surface area (Å²) in [5.41, 5.74) is 2.21. The number of carbonyl (C=O) groups is 2. The molecule has 1 atom stereocenters. The van der Waals surface area contributed by atoms with Crippen molar-refractivity contribution in [2.75, 3.05) is 16.8 Å². The Morgan fingerprint density at radius 2 is 2.04 bits per heavy atom. The van der Waals surface area contributed by atoms with E-state index < -0.39 is 5.92 Å². The first-order valence-corrected chi connectivity index (χ1v) is 8.57. The number of hydrogen-bond acceptors (Lipinski definition) is 4. The number of nitrogens with one attached hydrogen (secondary N) is 2. The van der Waals surface area contributed by atoms with Gasteiger partial charge in [0, 0.05) is 29.4 Å². The molecule has 2 amide bonds. The molecule has 1 aromatic carbocycles. The molecule has 0 radical (unpaired) electrons. The zero-order chi connectivity index (χ0) is 18.3. The molecule has 2 N–H and O–H groups in total. The van der Waals surface area contributed by atoms with Gasteiger partial charge in [-0.25, -0.2) is 4.98 Å². The number of aryl methyl sites for hydroxylation is 1. The van der Waals surface area contributed by atoms with E-state index >= 15 is 0 Å². The fourth-order valence-electron chi connectivity index (χ4n) is 3.07. The van der Waals surface area contributed by atoms with Crippen molar-refractivity contribution >= 4 is 46.0 Å². The second-order valence-electron chi connectivity index (χ2n) is 6.29. The molecule has 26 heavy (non-hydrogen) atoms. The van der Waals surface area contributed by atoms with Gasteiger partial charge in [0.05, 0.1) is 11.3 Å². The molecule has 0 saturated carbocycles. The number of H-pyrrole nitrogens is 1.